The number of thiophene rings is 1. The maximum absolute atomic E-state index is 11.8. The quantitative estimate of drug-likeness (QED) is 0.771. The average molecular weight is 354 g/mol. The summed E-state index contributed by atoms with van der Waals surface area (Å²) < 4.78 is 41.7. The molecule has 7 heteroatoms. The van der Waals surface area contributed by atoms with Crippen LogP contribution < -0.4 is 4.74 Å². The molecular weight excluding hydrogens is 349 g/mol. The predicted octanol–water partition coefficient (Wildman–Crippen LogP) is 4.60. The van der Waals surface area contributed by atoms with Crippen LogP contribution in [0.4, 0.5) is 13.2 Å². The van der Waals surface area contributed by atoms with E-state index in [0.717, 1.165) is 3.79 Å². The molecule has 0 aliphatic heterocycles. The Morgan fingerprint density at radius 3 is 2.43 bits per heavy atom. The Labute approximate surface area is 99.5 Å². The Hall–Kier alpha value is 0.250. The first-order valence-corrected chi connectivity index (χ1v) is 5.93. The molecule has 0 amide bonds. The van der Waals surface area contributed by atoms with E-state index < -0.39 is 12.6 Å². The van der Waals surface area contributed by atoms with Gasteiger partial charge < -0.3 is 4.74 Å². The summed E-state index contributed by atoms with van der Waals surface area (Å²) in [6, 6.07) is 1.63. The molecule has 0 aliphatic carbocycles. The van der Waals surface area contributed by atoms with Gasteiger partial charge >= 0.3 is 6.18 Å². The van der Waals surface area contributed by atoms with E-state index >= 15 is 0 Å². The Balaban J connectivity index is 2.42. The molecule has 0 aliphatic rings. The standard InChI is InChI=1S/C7H5Br2F3OS/c8-5-3-4(6(9)14-5)13-2-1-7(10,11)12/h3H,1-2H2. The van der Waals surface area contributed by atoms with Gasteiger partial charge in [0.1, 0.15) is 9.54 Å². The molecular formula is C7H5Br2F3OS. The van der Waals surface area contributed by atoms with Crippen molar-refractivity contribution in [1.82, 2.24) is 0 Å². The first kappa shape index (κ1) is 12.3. The van der Waals surface area contributed by atoms with Gasteiger partial charge in [0.15, 0.2) is 0 Å². The zero-order valence-corrected chi connectivity index (χ0v) is 10.7. The van der Waals surface area contributed by atoms with Crippen molar-refractivity contribution in [2.75, 3.05) is 6.61 Å². The topological polar surface area (TPSA) is 9.23 Å². The Bertz CT molecular complexity index is 310. The molecule has 0 radical (unpaired) electrons. The van der Waals surface area contributed by atoms with E-state index in [9.17, 15) is 13.2 Å². The van der Waals surface area contributed by atoms with Crippen LogP contribution >= 0.6 is 43.2 Å². The average Bonchev–Trinajstić information content (AvgIpc) is 2.27. The summed E-state index contributed by atoms with van der Waals surface area (Å²) in [6.07, 6.45) is -5.10. The second-order valence-electron chi connectivity index (χ2n) is 2.40. The van der Waals surface area contributed by atoms with Crippen molar-refractivity contribution in [3.8, 4) is 5.75 Å². The van der Waals surface area contributed by atoms with E-state index in [0.29, 0.717) is 9.54 Å². The fourth-order valence-electron chi connectivity index (χ4n) is 0.700. The number of halogens is 5. The van der Waals surface area contributed by atoms with Crippen LogP contribution in [0.2, 0.25) is 0 Å². The second kappa shape index (κ2) is 4.85. The van der Waals surface area contributed by atoms with Crippen LogP contribution in [0, 0.1) is 0 Å². The summed E-state index contributed by atoms with van der Waals surface area (Å²) in [4.78, 5) is 0. The highest BCUT2D eigenvalue weighted by Crippen LogP contribution is 2.37. The number of rotatable bonds is 3. The second-order valence-corrected chi connectivity index (χ2v) is 6.15. The molecule has 0 fully saturated rings. The summed E-state index contributed by atoms with van der Waals surface area (Å²) in [6.45, 7) is -0.356. The van der Waals surface area contributed by atoms with Crippen molar-refractivity contribution in [1.29, 1.82) is 0 Å². The number of alkyl halides is 3. The van der Waals surface area contributed by atoms with Gasteiger partial charge in [0.25, 0.3) is 0 Å². The third kappa shape index (κ3) is 4.18. The van der Waals surface area contributed by atoms with Gasteiger partial charge in [-0.15, -0.1) is 11.3 Å². The lowest BCUT2D eigenvalue weighted by Crippen LogP contribution is -2.12. The Morgan fingerprint density at radius 1 is 1.36 bits per heavy atom. The number of ether oxygens (including phenoxy) is 1. The summed E-state index contributed by atoms with van der Waals surface area (Å²) in [5.41, 5.74) is 0. The summed E-state index contributed by atoms with van der Waals surface area (Å²) in [7, 11) is 0. The molecule has 0 saturated carbocycles. The van der Waals surface area contributed by atoms with Gasteiger partial charge in [0.05, 0.1) is 16.8 Å². The van der Waals surface area contributed by atoms with E-state index in [-0.39, 0.29) is 6.61 Å². The number of hydrogen-bond acceptors (Lipinski definition) is 2. The van der Waals surface area contributed by atoms with Gasteiger partial charge in [0, 0.05) is 6.07 Å². The molecule has 0 N–H and O–H groups in total. The lowest BCUT2D eigenvalue weighted by Gasteiger charge is -2.07. The van der Waals surface area contributed by atoms with Crippen LogP contribution in [0.1, 0.15) is 6.42 Å². The molecule has 0 spiro atoms. The van der Waals surface area contributed by atoms with Crippen LogP contribution in [0.25, 0.3) is 0 Å². The van der Waals surface area contributed by atoms with Crippen LogP contribution in [0.3, 0.4) is 0 Å². The Morgan fingerprint density at radius 2 is 2.00 bits per heavy atom. The molecule has 0 bridgehead atoms. The monoisotopic (exact) mass is 352 g/mol. The van der Waals surface area contributed by atoms with Crippen LogP contribution in [-0.4, -0.2) is 12.8 Å². The van der Waals surface area contributed by atoms with Crippen LogP contribution in [0.5, 0.6) is 5.75 Å². The van der Waals surface area contributed by atoms with Gasteiger partial charge in [-0.25, -0.2) is 0 Å². The largest absolute Gasteiger partial charge is 0.491 e. The molecule has 0 aromatic carbocycles. The predicted molar refractivity (Wildman–Crippen MR) is 55.9 cm³/mol. The molecule has 14 heavy (non-hydrogen) atoms. The summed E-state index contributed by atoms with van der Waals surface area (Å²) in [5, 5.41) is 0. The lowest BCUT2D eigenvalue weighted by atomic mass is 10.4. The third-order valence-corrected chi connectivity index (χ3v) is 3.55. The van der Waals surface area contributed by atoms with Crippen molar-refractivity contribution in [2.45, 2.75) is 12.6 Å². The molecule has 0 atom stereocenters. The smallest absolute Gasteiger partial charge is 0.392 e. The van der Waals surface area contributed by atoms with Crippen molar-refractivity contribution in [2.24, 2.45) is 0 Å². The highest BCUT2D eigenvalue weighted by molar-refractivity contribution is 9.12. The summed E-state index contributed by atoms with van der Waals surface area (Å²) in [5.74, 6) is 0.436. The first-order valence-electron chi connectivity index (χ1n) is 3.53. The van der Waals surface area contributed by atoms with Gasteiger partial charge in [-0.3, -0.25) is 0 Å². The van der Waals surface area contributed by atoms with Crippen molar-refractivity contribution in [3.05, 3.63) is 13.6 Å². The first-order chi connectivity index (χ1) is 6.38. The molecule has 1 rings (SSSR count). The normalized spacial score (nSPS) is 11.8. The molecule has 1 aromatic rings. The van der Waals surface area contributed by atoms with Gasteiger partial charge in [-0.05, 0) is 31.9 Å². The molecule has 80 valence electrons. The van der Waals surface area contributed by atoms with Gasteiger partial charge in [-0.2, -0.15) is 13.2 Å². The highest BCUT2D eigenvalue weighted by Gasteiger charge is 2.27. The lowest BCUT2D eigenvalue weighted by molar-refractivity contribution is -0.139. The SMILES string of the molecule is FC(F)(F)CCOc1cc(Br)sc1Br. The molecule has 0 unspecified atom stereocenters. The fraction of sp³-hybridized carbons (Fsp3) is 0.429. The van der Waals surface area contributed by atoms with Gasteiger partial charge in [-0.1, -0.05) is 0 Å². The minimum atomic E-state index is -4.17. The highest BCUT2D eigenvalue weighted by atomic mass is 79.9. The van der Waals surface area contributed by atoms with E-state index in [1.54, 1.807) is 6.07 Å². The summed E-state index contributed by atoms with van der Waals surface area (Å²) >= 11 is 7.73. The zero-order chi connectivity index (χ0) is 10.8. The van der Waals surface area contributed by atoms with Gasteiger partial charge in [0.2, 0.25) is 0 Å². The Kier molecular flexibility index (Phi) is 4.27. The number of hydrogen-bond donors (Lipinski definition) is 0. The van der Waals surface area contributed by atoms with Crippen LogP contribution in [0.15, 0.2) is 13.6 Å². The molecule has 0 saturated heterocycles. The van der Waals surface area contributed by atoms with Crippen LogP contribution in [-0.2, 0) is 0 Å². The third-order valence-electron chi connectivity index (χ3n) is 1.27. The van der Waals surface area contributed by atoms with Crippen molar-refractivity contribution in [3.63, 3.8) is 0 Å². The zero-order valence-electron chi connectivity index (χ0n) is 6.70. The minimum Gasteiger partial charge on any atom is -0.491 e. The van der Waals surface area contributed by atoms with Crippen molar-refractivity contribution >= 4 is 43.2 Å². The fourth-order valence-corrected chi connectivity index (χ4v) is 3.35. The molecule has 1 aromatic heterocycles. The van der Waals surface area contributed by atoms with E-state index in [1.807, 2.05) is 0 Å². The minimum absolute atomic E-state index is 0.356. The molecule has 1 nitrogen and oxygen atoms in total. The van der Waals surface area contributed by atoms with E-state index in [1.165, 1.54) is 11.3 Å². The maximum Gasteiger partial charge on any atom is 0.392 e. The van der Waals surface area contributed by atoms with E-state index in [4.69, 9.17) is 4.74 Å². The maximum atomic E-state index is 11.8. The van der Waals surface area contributed by atoms with Crippen molar-refractivity contribution < 1.29 is 17.9 Å². The molecule has 1 heterocycles. The van der Waals surface area contributed by atoms with E-state index in [2.05, 4.69) is 31.9 Å².